The second-order valence-corrected chi connectivity index (χ2v) is 6.19. The van der Waals surface area contributed by atoms with Crippen LogP contribution in [-0.4, -0.2) is 41.0 Å². The summed E-state index contributed by atoms with van der Waals surface area (Å²) in [5.74, 6) is 1.59. The van der Waals surface area contributed by atoms with Crippen molar-refractivity contribution in [3.8, 4) is 0 Å². The normalized spacial score (nSPS) is 11.1. The van der Waals surface area contributed by atoms with E-state index in [1.54, 1.807) is 11.7 Å². The molecule has 0 saturated carbocycles. The van der Waals surface area contributed by atoms with Crippen LogP contribution in [-0.2, 0) is 11.8 Å². The lowest BCUT2D eigenvalue weighted by atomic mass is 10.4. The number of nitrogens with one attached hydrogen (secondary N) is 1. The maximum absolute atomic E-state index is 12.1. The van der Waals surface area contributed by atoms with Crippen molar-refractivity contribution in [2.45, 2.75) is 25.9 Å². The molecule has 0 radical (unpaired) electrons. The summed E-state index contributed by atoms with van der Waals surface area (Å²) in [6.45, 7) is 5.69. The molecule has 0 aromatic carbocycles. The Morgan fingerprint density at radius 3 is 2.70 bits per heavy atom. The predicted molar refractivity (Wildman–Crippen MR) is 87.6 cm³/mol. The van der Waals surface area contributed by atoms with Gasteiger partial charge >= 0.3 is 0 Å². The lowest BCUT2D eigenvalue weighted by molar-refractivity contribution is -0.113. The summed E-state index contributed by atoms with van der Waals surface area (Å²) in [4.78, 5) is 16.5. The van der Waals surface area contributed by atoms with E-state index >= 15 is 0 Å². The quantitative estimate of drug-likeness (QED) is 0.729. The SMILES string of the molecule is Cc1cc2nnc(SCC(=O)Nc3cc(C)nn3C)n2c(C)n1. The van der Waals surface area contributed by atoms with Crippen LogP contribution in [0.25, 0.3) is 5.65 Å². The molecule has 3 aromatic rings. The second-order valence-electron chi connectivity index (χ2n) is 5.25. The number of hydrogen-bond donors (Lipinski definition) is 1. The Morgan fingerprint density at radius 2 is 2.00 bits per heavy atom. The van der Waals surface area contributed by atoms with Crippen molar-refractivity contribution in [2.24, 2.45) is 7.05 Å². The maximum Gasteiger partial charge on any atom is 0.235 e. The molecule has 3 rings (SSSR count). The van der Waals surface area contributed by atoms with E-state index in [0.29, 0.717) is 11.0 Å². The van der Waals surface area contributed by atoms with Gasteiger partial charge in [-0.25, -0.2) is 4.98 Å². The largest absolute Gasteiger partial charge is 0.310 e. The average Bonchev–Trinajstić information content (AvgIpc) is 3.00. The molecule has 1 N–H and O–H groups in total. The Kier molecular flexibility index (Phi) is 4.03. The van der Waals surface area contributed by atoms with Gasteiger partial charge in [0.1, 0.15) is 11.6 Å². The molecule has 120 valence electrons. The van der Waals surface area contributed by atoms with Crippen LogP contribution < -0.4 is 5.32 Å². The van der Waals surface area contributed by atoms with Crippen molar-refractivity contribution in [3.63, 3.8) is 0 Å². The fourth-order valence-corrected chi connectivity index (χ4v) is 3.12. The zero-order chi connectivity index (χ0) is 16.6. The van der Waals surface area contributed by atoms with E-state index < -0.39 is 0 Å². The lowest BCUT2D eigenvalue weighted by Crippen LogP contribution is -2.16. The fourth-order valence-electron chi connectivity index (χ4n) is 2.33. The van der Waals surface area contributed by atoms with Gasteiger partial charge in [0.05, 0.1) is 11.4 Å². The first-order chi connectivity index (χ1) is 10.9. The van der Waals surface area contributed by atoms with E-state index in [-0.39, 0.29) is 11.7 Å². The van der Waals surface area contributed by atoms with Crippen molar-refractivity contribution < 1.29 is 4.79 Å². The highest BCUT2D eigenvalue weighted by Gasteiger charge is 2.13. The Bertz CT molecular complexity index is 883. The van der Waals surface area contributed by atoms with Crippen LogP contribution in [0.5, 0.6) is 0 Å². The monoisotopic (exact) mass is 331 g/mol. The van der Waals surface area contributed by atoms with Gasteiger partial charge in [-0.2, -0.15) is 5.10 Å². The second kappa shape index (κ2) is 5.99. The Morgan fingerprint density at radius 1 is 1.22 bits per heavy atom. The number of aromatic nitrogens is 6. The van der Waals surface area contributed by atoms with E-state index in [1.807, 2.05) is 37.3 Å². The van der Waals surface area contributed by atoms with Crippen molar-refractivity contribution >= 4 is 29.1 Å². The van der Waals surface area contributed by atoms with E-state index in [2.05, 4.69) is 25.6 Å². The highest BCUT2D eigenvalue weighted by atomic mass is 32.2. The number of hydrogen-bond acceptors (Lipinski definition) is 6. The van der Waals surface area contributed by atoms with Crippen LogP contribution >= 0.6 is 11.8 Å². The summed E-state index contributed by atoms with van der Waals surface area (Å²) in [5, 5.41) is 15.9. The zero-order valence-electron chi connectivity index (χ0n) is 13.4. The van der Waals surface area contributed by atoms with Gasteiger partial charge in [-0.05, 0) is 20.8 Å². The van der Waals surface area contributed by atoms with E-state index in [9.17, 15) is 4.79 Å². The molecule has 23 heavy (non-hydrogen) atoms. The molecular weight excluding hydrogens is 314 g/mol. The molecular formula is C14H17N7OS. The highest BCUT2D eigenvalue weighted by Crippen LogP contribution is 2.19. The minimum absolute atomic E-state index is 0.118. The van der Waals surface area contributed by atoms with Crippen molar-refractivity contribution in [1.82, 2.24) is 29.4 Å². The van der Waals surface area contributed by atoms with Crippen molar-refractivity contribution in [2.75, 3.05) is 11.1 Å². The number of anilines is 1. The van der Waals surface area contributed by atoms with Crippen LogP contribution in [0.15, 0.2) is 17.3 Å². The molecule has 1 amide bonds. The summed E-state index contributed by atoms with van der Waals surface area (Å²) in [7, 11) is 1.79. The van der Waals surface area contributed by atoms with E-state index in [4.69, 9.17) is 0 Å². The molecule has 0 aliphatic heterocycles. The molecule has 9 heteroatoms. The number of amides is 1. The first-order valence-corrected chi connectivity index (χ1v) is 8.05. The smallest absolute Gasteiger partial charge is 0.235 e. The molecule has 0 aliphatic carbocycles. The number of fused-ring (bicyclic) bond motifs is 1. The minimum atomic E-state index is -0.118. The first kappa shape index (κ1) is 15.5. The van der Waals surface area contributed by atoms with Gasteiger partial charge in [-0.15, -0.1) is 10.2 Å². The molecule has 0 aliphatic rings. The number of thioether (sulfide) groups is 1. The topological polar surface area (TPSA) is 90.0 Å². The summed E-state index contributed by atoms with van der Waals surface area (Å²) in [6.07, 6.45) is 0. The molecule has 0 bridgehead atoms. The molecule has 0 atom stereocenters. The van der Waals surface area contributed by atoms with Gasteiger partial charge in [0, 0.05) is 24.9 Å². The number of rotatable bonds is 4. The summed E-state index contributed by atoms with van der Waals surface area (Å²) in [5.41, 5.74) is 2.49. The van der Waals surface area contributed by atoms with Crippen molar-refractivity contribution in [3.05, 3.63) is 29.3 Å². The third-order valence-electron chi connectivity index (χ3n) is 3.26. The van der Waals surface area contributed by atoms with Crippen LogP contribution in [0.3, 0.4) is 0 Å². The molecule has 8 nitrogen and oxygen atoms in total. The van der Waals surface area contributed by atoms with Gasteiger partial charge in [-0.3, -0.25) is 13.9 Å². The molecule has 0 fully saturated rings. The molecule has 3 aromatic heterocycles. The molecule has 0 saturated heterocycles. The lowest BCUT2D eigenvalue weighted by Gasteiger charge is -2.05. The standard InChI is InChI=1S/C14H17N7OS/c1-8-5-12-17-18-14(21(12)10(3)15-8)23-7-13(22)16-11-6-9(2)19-20(11)4/h5-6H,7H2,1-4H3,(H,16,22). The third-order valence-corrected chi connectivity index (χ3v) is 4.19. The molecule has 0 unspecified atom stereocenters. The van der Waals surface area contributed by atoms with Crippen molar-refractivity contribution in [1.29, 1.82) is 0 Å². The highest BCUT2D eigenvalue weighted by molar-refractivity contribution is 7.99. The predicted octanol–water partition coefficient (Wildman–Crippen LogP) is 1.51. The van der Waals surface area contributed by atoms with Gasteiger partial charge < -0.3 is 5.32 Å². The van der Waals surface area contributed by atoms with E-state index in [0.717, 1.165) is 22.9 Å². The third kappa shape index (κ3) is 3.19. The van der Waals surface area contributed by atoms with Gasteiger partial charge in [0.25, 0.3) is 0 Å². The zero-order valence-corrected chi connectivity index (χ0v) is 14.2. The number of nitrogens with zero attached hydrogens (tertiary/aromatic N) is 6. The summed E-state index contributed by atoms with van der Waals surface area (Å²) < 4.78 is 3.49. The van der Waals surface area contributed by atoms with Crippen LogP contribution in [0.1, 0.15) is 17.2 Å². The summed E-state index contributed by atoms with van der Waals surface area (Å²) >= 11 is 1.32. The van der Waals surface area contributed by atoms with Crippen LogP contribution in [0.2, 0.25) is 0 Å². The number of carbonyl (C=O) groups excluding carboxylic acids is 1. The average molecular weight is 331 g/mol. The van der Waals surface area contributed by atoms with Gasteiger partial charge in [0.15, 0.2) is 10.8 Å². The number of carbonyl (C=O) groups is 1. The van der Waals surface area contributed by atoms with Crippen LogP contribution in [0, 0.1) is 20.8 Å². The Balaban J connectivity index is 1.71. The number of aryl methyl sites for hydroxylation is 4. The molecule has 0 spiro atoms. The van der Waals surface area contributed by atoms with Gasteiger partial charge in [-0.1, -0.05) is 11.8 Å². The van der Waals surface area contributed by atoms with Crippen LogP contribution in [0.4, 0.5) is 5.82 Å². The van der Waals surface area contributed by atoms with Gasteiger partial charge in [0.2, 0.25) is 5.91 Å². The maximum atomic E-state index is 12.1. The summed E-state index contributed by atoms with van der Waals surface area (Å²) in [6, 6.07) is 3.69. The molecule has 3 heterocycles. The Hall–Kier alpha value is -2.42. The first-order valence-electron chi connectivity index (χ1n) is 7.06. The van der Waals surface area contributed by atoms with E-state index in [1.165, 1.54) is 11.8 Å². The Labute approximate surface area is 137 Å². The minimum Gasteiger partial charge on any atom is -0.310 e. The fraction of sp³-hybridized carbons (Fsp3) is 0.357.